The van der Waals surface area contributed by atoms with Gasteiger partial charge in [0, 0.05) is 0 Å². The third-order valence-electron chi connectivity index (χ3n) is 1.29. The Balaban J connectivity index is 2.77. The lowest BCUT2D eigenvalue weighted by Gasteiger charge is -2.04. The first-order chi connectivity index (χ1) is 4.77. The molecule has 0 saturated heterocycles. The minimum Gasteiger partial charge on any atom is -0.356 e. The summed E-state index contributed by atoms with van der Waals surface area (Å²) in [6, 6.07) is 0. The molecule has 62 valence electrons. The molecule has 3 N–H and O–H groups in total. The van der Waals surface area contributed by atoms with Gasteiger partial charge in [-0.2, -0.15) is 0 Å². The summed E-state index contributed by atoms with van der Waals surface area (Å²) in [6.07, 6.45) is 3.49. The van der Waals surface area contributed by atoms with Crippen molar-refractivity contribution in [2.75, 3.05) is 6.61 Å². The van der Waals surface area contributed by atoms with Gasteiger partial charge < -0.3 is 9.84 Å². The van der Waals surface area contributed by atoms with Crippen molar-refractivity contribution in [3.63, 3.8) is 0 Å². The fourth-order valence-corrected chi connectivity index (χ4v) is 0.733. The lowest BCUT2D eigenvalue weighted by atomic mass is 10.2. The third-order valence-corrected chi connectivity index (χ3v) is 1.29. The molecule has 0 aliphatic carbocycles. The van der Waals surface area contributed by atoms with Crippen LogP contribution < -0.4 is 5.73 Å². The summed E-state index contributed by atoms with van der Waals surface area (Å²) >= 11 is 0. The van der Waals surface area contributed by atoms with E-state index in [0.717, 1.165) is 12.8 Å². The Morgan fingerprint density at radius 3 is 2.60 bits per heavy atom. The summed E-state index contributed by atoms with van der Waals surface area (Å²) in [5, 5.41) is 8.46. The molecule has 1 unspecified atom stereocenters. The second kappa shape index (κ2) is 6.99. The number of nitrogens with two attached hydrogens (primary N) is 1. The van der Waals surface area contributed by atoms with Crippen LogP contribution in [-0.4, -0.2) is 18.1 Å². The van der Waals surface area contributed by atoms with E-state index in [1.807, 2.05) is 0 Å². The molecule has 10 heavy (non-hydrogen) atoms. The zero-order valence-corrected chi connectivity index (χ0v) is 6.55. The first-order valence-electron chi connectivity index (χ1n) is 3.82. The second-order valence-electron chi connectivity index (χ2n) is 2.32. The highest BCUT2D eigenvalue weighted by Crippen LogP contribution is 1.98. The molecule has 0 rings (SSSR count). The molecule has 0 aromatic rings. The summed E-state index contributed by atoms with van der Waals surface area (Å²) in [4.78, 5) is 0. The first kappa shape index (κ1) is 9.88. The number of hydrogen-bond acceptors (Lipinski definition) is 3. The Bertz CT molecular complexity index is 66.6. The maximum absolute atomic E-state index is 8.46. The molecule has 0 saturated carbocycles. The fourth-order valence-electron chi connectivity index (χ4n) is 0.733. The largest absolute Gasteiger partial charge is 0.356 e. The van der Waals surface area contributed by atoms with Crippen LogP contribution >= 0.6 is 0 Å². The van der Waals surface area contributed by atoms with Crippen molar-refractivity contribution < 1.29 is 9.84 Å². The van der Waals surface area contributed by atoms with Crippen molar-refractivity contribution in [1.29, 1.82) is 0 Å². The molecule has 0 bridgehead atoms. The smallest absolute Gasteiger partial charge is 0.210 e. The van der Waals surface area contributed by atoms with Crippen molar-refractivity contribution in [1.82, 2.24) is 0 Å². The minimum absolute atomic E-state index is 0.567. The number of aliphatic hydroxyl groups is 1. The highest BCUT2D eigenvalue weighted by molar-refractivity contribution is 4.38. The van der Waals surface area contributed by atoms with Gasteiger partial charge in [0.2, 0.25) is 6.41 Å². The standard InChI is InChI=1S/C7H17NO2/c1-2-3-4-5-6-10-7(8)9/h7,9H,2-6,8H2,1H3. The summed E-state index contributed by atoms with van der Waals surface area (Å²) in [6.45, 7) is 2.72. The van der Waals surface area contributed by atoms with Crippen LogP contribution in [0, 0.1) is 0 Å². The zero-order valence-electron chi connectivity index (χ0n) is 6.55. The van der Waals surface area contributed by atoms with Gasteiger partial charge in [0.15, 0.2) is 0 Å². The first-order valence-corrected chi connectivity index (χ1v) is 3.82. The van der Waals surface area contributed by atoms with E-state index in [1.165, 1.54) is 12.8 Å². The second-order valence-corrected chi connectivity index (χ2v) is 2.32. The molecule has 0 fully saturated rings. The predicted octanol–water partition coefficient (Wildman–Crippen LogP) is 0.818. The molecule has 3 heteroatoms. The van der Waals surface area contributed by atoms with Crippen LogP contribution in [0.25, 0.3) is 0 Å². The van der Waals surface area contributed by atoms with Gasteiger partial charge in [-0.3, -0.25) is 5.73 Å². The monoisotopic (exact) mass is 147 g/mol. The van der Waals surface area contributed by atoms with Crippen LogP contribution in [0.5, 0.6) is 0 Å². The molecule has 1 atom stereocenters. The summed E-state index contributed by atoms with van der Waals surface area (Å²) in [5.41, 5.74) is 4.94. The molecule has 0 radical (unpaired) electrons. The molecule has 0 aliphatic rings. The maximum atomic E-state index is 8.46. The quantitative estimate of drug-likeness (QED) is 0.432. The molecular weight excluding hydrogens is 130 g/mol. The van der Waals surface area contributed by atoms with E-state index in [-0.39, 0.29) is 0 Å². The van der Waals surface area contributed by atoms with Crippen molar-refractivity contribution in [3.05, 3.63) is 0 Å². The van der Waals surface area contributed by atoms with Crippen LogP contribution in [0.4, 0.5) is 0 Å². The Labute approximate surface area is 62.2 Å². The Kier molecular flexibility index (Phi) is 6.91. The molecule has 0 spiro atoms. The van der Waals surface area contributed by atoms with Gasteiger partial charge in [-0.05, 0) is 6.42 Å². The van der Waals surface area contributed by atoms with Gasteiger partial charge >= 0.3 is 0 Å². The maximum Gasteiger partial charge on any atom is 0.210 e. The molecule has 3 nitrogen and oxygen atoms in total. The van der Waals surface area contributed by atoms with Crippen molar-refractivity contribution in [2.24, 2.45) is 5.73 Å². The van der Waals surface area contributed by atoms with E-state index in [0.29, 0.717) is 6.61 Å². The van der Waals surface area contributed by atoms with Crippen LogP contribution in [0.1, 0.15) is 32.6 Å². The minimum atomic E-state index is -1.10. The molecule has 0 aromatic heterocycles. The lowest BCUT2D eigenvalue weighted by molar-refractivity contribution is -0.0946. The van der Waals surface area contributed by atoms with E-state index in [9.17, 15) is 0 Å². The van der Waals surface area contributed by atoms with Gasteiger partial charge in [0.05, 0.1) is 6.61 Å². The van der Waals surface area contributed by atoms with Crippen LogP contribution in [0.3, 0.4) is 0 Å². The molecule has 0 aromatic carbocycles. The van der Waals surface area contributed by atoms with Gasteiger partial charge in [0.25, 0.3) is 0 Å². The van der Waals surface area contributed by atoms with E-state index in [4.69, 9.17) is 15.6 Å². The van der Waals surface area contributed by atoms with Gasteiger partial charge in [0.1, 0.15) is 0 Å². The summed E-state index contributed by atoms with van der Waals surface area (Å²) in [5.74, 6) is 0. The zero-order chi connectivity index (χ0) is 7.82. The van der Waals surface area contributed by atoms with E-state index >= 15 is 0 Å². The number of aliphatic hydroxyl groups excluding tert-OH is 1. The summed E-state index contributed by atoms with van der Waals surface area (Å²) < 4.78 is 4.72. The van der Waals surface area contributed by atoms with Gasteiger partial charge in [-0.25, -0.2) is 0 Å². The summed E-state index contributed by atoms with van der Waals surface area (Å²) in [7, 11) is 0. The van der Waals surface area contributed by atoms with E-state index in [1.54, 1.807) is 0 Å². The molecule has 0 heterocycles. The molecular formula is C7H17NO2. The highest BCUT2D eigenvalue weighted by atomic mass is 16.6. The Morgan fingerprint density at radius 2 is 2.10 bits per heavy atom. The average molecular weight is 147 g/mol. The Hall–Kier alpha value is -0.120. The van der Waals surface area contributed by atoms with Crippen molar-refractivity contribution in [2.45, 2.75) is 39.0 Å². The highest BCUT2D eigenvalue weighted by Gasteiger charge is 1.92. The molecule has 0 amide bonds. The van der Waals surface area contributed by atoms with Crippen LogP contribution in [0.2, 0.25) is 0 Å². The SMILES string of the molecule is CCCCCCOC(N)O. The van der Waals surface area contributed by atoms with Crippen LogP contribution in [-0.2, 0) is 4.74 Å². The van der Waals surface area contributed by atoms with Crippen molar-refractivity contribution >= 4 is 0 Å². The van der Waals surface area contributed by atoms with Crippen molar-refractivity contribution in [3.8, 4) is 0 Å². The molecule has 0 aliphatic heterocycles. The number of hydrogen-bond donors (Lipinski definition) is 2. The fraction of sp³-hybridized carbons (Fsp3) is 1.00. The van der Waals surface area contributed by atoms with E-state index in [2.05, 4.69) is 6.92 Å². The normalized spacial score (nSPS) is 13.5. The third kappa shape index (κ3) is 7.88. The number of rotatable bonds is 6. The van der Waals surface area contributed by atoms with Gasteiger partial charge in [-0.15, -0.1) is 0 Å². The van der Waals surface area contributed by atoms with E-state index < -0.39 is 6.41 Å². The van der Waals surface area contributed by atoms with Crippen LogP contribution in [0.15, 0.2) is 0 Å². The Morgan fingerprint density at radius 1 is 1.40 bits per heavy atom. The predicted molar refractivity (Wildman–Crippen MR) is 40.3 cm³/mol. The number of unbranched alkanes of at least 4 members (excludes halogenated alkanes) is 3. The topological polar surface area (TPSA) is 55.5 Å². The lowest BCUT2D eigenvalue weighted by Crippen LogP contribution is -2.22. The van der Waals surface area contributed by atoms with Gasteiger partial charge in [-0.1, -0.05) is 26.2 Å². The number of ether oxygens (including phenoxy) is 1. The average Bonchev–Trinajstić information content (AvgIpc) is 1.87.